The predicted molar refractivity (Wildman–Crippen MR) is 124 cm³/mol. The molecule has 6 rings (SSSR count). The second kappa shape index (κ2) is 7.90. The zero-order chi connectivity index (χ0) is 21.3. The van der Waals surface area contributed by atoms with E-state index in [1.165, 1.54) is 5.69 Å². The van der Waals surface area contributed by atoms with Crippen LogP contribution in [0.3, 0.4) is 0 Å². The van der Waals surface area contributed by atoms with Crippen molar-refractivity contribution in [3.8, 4) is 11.3 Å². The number of morpholine rings is 1. The van der Waals surface area contributed by atoms with E-state index in [2.05, 4.69) is 49.4 Å². The highest BCUT2D eigenvalue weighted by Crippen LogP contribution is 2.27. The molecular formula is C24H21N7O. The summed E-state index contributed by atoms with van der Waals surface area (Å²) in [4.78, 5) is 20.5. The Morgan fingerprint density at radius 2 is 1.66 bits per heavy atom. The van der Waals surface area contributed by atoms with E-state index in [4.69, 9.17) is 9.72 Å². The zero-order valence-corrected chi connectivity index (χ0v) is 17.3. The van der Waals surface area contributed by atoms with Gasteiger partial charge >= 0.3 is 0 Å². The highest BCUT2D eigenvalue weighted by atomic mass is 16.5. The van der Waals surface area contributed by atoms with Crippen molar-refractivity contribution in [2.45, 2.75) is 0 Å². The summed E-state index contributed by atoms with van der Waals surface area (Å²) < 4.78 is 7.43. The second-order valence-corrected chi connectivity index (χ2v) is 7.66. The predicted octanol–water partition coefficient (Wildman–Crippen LogP) is 3.92. The van der Waals surface area contributed by atoms with Crippen molar-refractivity contribution in [3.05, 3.63) is 73.4 Å². The van der Waals surface area contributed by atoms with Crippen molar-refractivity contribution in [3.63, 3.8) is 0 Å². The molecule has 8 heteroatoms. The second-order valence-electron chi connectivity index (χ2n) is 7.66. The fraction of sp³-hybridized carbons (Fsp3) is 0.167. The van der Waals surface area contributed by atoms with E-state index in [-0.39, 0.29) is 0 Å². The Morgan fingerprint density at radius 1 is 0.844 bits per heavy atom. The lowest BCUT2D eigenvalue weighted by molar-refractivity contribution is 0.122. The van der Waals surface area contributed by atoms with E-state index in [1.54, 1.807) is 18.6 Å². The van der Waals surface area contributed by atoms with Crippen molar-refractivity contribution in [1.29, 1.82) is 0 Å². The van der Waals surface area contributed by atoms with Gasteiger partial charge in [-0.1, -0.05) is 6.07 Å². The summed E-state index contributed by atoms with van der Waals surface area (Å²) in [5.41, 5.74) is 6.43. The Hall–Kier alpha value is -4.04. The fourth-order valence-electron chi connectivity index (χ4n) is 3.99. The summed E-state index contributed by atoms with van der Waals surface area (Å²) in [6, 6.07) is 14.4. The molecule has 0 radical (unpaired) electrons. The highest BCUT2D eigenvalue weighted by molar-refractivity contribution is 5.81. The molecule has 8 nitrogen and oxygen atoms in total. The number of nitrogens with one attached hydrogen (secondary N) is 1. The third-order valence-corrected chi connectivity index (χ3v) is 5.65. The number of fused-ring (bicyclic) bond motifs is 2. The van der Waals surface area contributed by atoms with Crippen LogP contribution >= 0.6 is 0 Å². The number of hydrogen-bond donors (Lipinski definition) is 1. The molecule has 1 saturated heterocycles. The van der Waals surface area contributed by atoms with Gasteiger partial charge in [-0.2, -0.15) is 0 Å². The average molecular weight is 423 g/mol. The normalized spacial score (nSPS) is 14.2. The number of benzene rings is 2. The molecule has 1 aliphatic rings. The largest absolute Gasteiger partial charge is 0.378 e. The monoisotopic (exact) mass is 423 g/mol. The summed E-state index contributed by atoms with van der Waals surface area (Å²) in [7, 11) is 0. The Bertz CT molecular complexity index is 1390. The number of ether oxygens (including phenoxy) is 1. The molecule has 1 fully saturated rings. The minimum absolute atomic E-state index is 0.700. The molecule has 158 valence electrons. The van der Waals surface area contributed by atoms with Crippen molar-refractivity contribution in [2.75, 3.05) is 36.5 Å². The van der Waals surface area contributed by atoms with Crippen LogP contribution in [-0.4, -0.2) is 50.6 Å². The molecule has 0 aliphatic carbocycles. The van der Waals surface area contributed by atoms with E-state index >= 15 is 0 Å². The number of rotatable bonds is 4. The summed E-state index contributed by atoms with van der Waals surface area (Å²) >= 11 is 0. The van der Waals surface area contributed by atoms with Crippen LogP contribution in [0.5, 0.6) is 0 Å². The lowest BCUT2D eigenvalue weighted by Crippen LogP contribution is -2.36. The summed E-state index contributed by atoms with van der Waals surface area (Å²) in [5, 5.41) is 3.44. The van der Waals surface area contributed by atoms with Gasteiger partial charge in [-0.15, -0.1) is 0 Å². The third-order valence-electron chi connectivity index (χ3n) is 5.65. The number of aromatic nitrogens is 5. The molecule has 0 unspecified atom stereocenters. The third kappa shape index (κ3) is 3.50. The van der Waals surface area contributed by atoms with Crippen LogP contribution in [0.4, 0.5) is 17.2 Å². The summed E-state index contributed by atoms with van der Waals surface area (Å²) in [6.45, 7) is 3.38. The molecule has 1 N–H and O–H groups in total. The van der Waals surface area contributed by atoms with Crippen LogP contribution in [0.15, 0.2) is 73.4 Å². The van der Waals surface area contributed by atoms with Gasteiger partial charge in [0.05, 0.1) is 29.9 Å². The fourth-order valence-corrected chi connectivity index (χ4v) is 3.99. The molecule has 0 atom stereocenters. The number of hydrogen-bond acceptors (Lipinski definition) is 7. The molecule has 3 aromatic heterocycles. The van der Waals surface area contributed by atoms with Gasteiger partial charge in [-0.25, -0.2) is 9.97 Å². The molecule has 5 aromatic rings. The molecule has 1 aliphatic heterocycles. The van der Waals surface area contributed by atoms with E-state index < -0.39 is 0 Å². The molecule has 0 amide bonds. The SMILES string of the molecule is c1cnc2cc(-c3cn4ccnc4c(Nc4ccc(N5CCOCC5)cc4)n3)ccc2n1. The smallest absolute Gasteiger partial charge is 0.180 e. The van der Waals surface area contributed by atoms with Crippen molar-refractivity contribution >= 4 is 33.9 Å². The Kier molecular flexibility index (Phi) is 4.62. The van der Waals surface area contributed by atoms with Crippen LogP contribution in [0.2, 0.25) is 0 Å². The minimum atomic E-state index is 0.700. The van der Waals surface area contributed by atoms with Gasteiger partial charge < -0.3 is 19.4 Å². The molecule has 32 heavy (non-hydrogen) atoms. The maximum Gasteiger partial charge on any atom is 0.180 e. The minimum Gasteiger partial charge on any atom is -0.378 e. The maximum absolute atomic E-state index is 5.45. The Balaban J connectivity index is 1.34. The lowest BCUT2D eigenvalue weighted by Gasteiger charge is -2.28. The number of anilines is 3. The first-order valence-electron chi connectivity index (χ1n) is 10.6. The average Bonchev–Trinajstić information content (AvgIpc) is 3.34. The van der Waals surface area contributed by atoms with Gasteiger partial charge in [0.1, 0.15) is 0 Å². The van der Waals surface area contributed by atoms with Crippen LogP contribution in [0.1, 0.15) is 0 Å². The molecule has 4 heterocycles. The van der Waals surface area contributed by atoms with Crippen LogP contribution in [0.25, 0.3) is 27.9 Å². The first kappa shape index (κ1) is 18.7. The van der Waals surface area contributed by atoms with E-state index in [0.717, 1.165) is 59.9 Å². The topological polar surface area (TPSA) is 80.5 Å². The lowest BCUT2D eigenvalue weighted by atomic mass is 10.1. The van der Waals surface area contributed by atoms with Gasteiger partial charge in [-0.3, -0.25) is 9.97 Å². The summed E-state index contributed by atoms with van der Waals surface area (Å²) in [5.74, 6) is 0.700. The Labute approximate surface area is 184 Å². The molecular weight excluding hydrogens is 402 g/mol. The molecule has 0 saturated carbocycles. The summed E-state index contributed by atoms with van der Waals surface area (Å²) in [6.07, 6.45) is 9.08. The van der Waals surface area contributed by atoms with Gasteiger partial charge in [-0.05, 0) is 36.4 Å². The van der Waals surface area contributed by atoms with Crippen molar-refractivity contribution < 1.29 is 4.74 Å². The zero-order valence-electron chi connectivity index (χ0n) is 17.3. The molecule has 0 bridgehead atoms. The van der Waals surface area contributed by atoms with Crippen molar-refractivity contribution in [1.82, 2.24) is 24.3 Å². The van der Waals surface area contributed by atoms with Gasteiger partial charge in [0.25, 0.3) is 0 Å². The van der Waals surface area contributed by atoms with Crippen LogP contribution in [0, 0.1) is 0 Å². The quantitative estimate of drug-likeness (QED) is 0.469. The maximum atomic E-state index is 5.45. The highest BCUT2D eigenvalue weighted by Gasteiger charge is 2.13. The number of nitrogens with zero attached hydrogens (tertiary/aromatic N) is 6. The van der Waals surface area contributed by atoms with Crippen molar-refractivity contribution in [2.24, 2.45) is 0 Å². The number of imidazole rings is 1. The Morgan fingerprint density at radius 3 is 2.50 bits per heavy atom. The molecule has 2 aromatic carbocycles. The van der Waals surface area contributed by atoms with Gasteiger partial charge in [0, 0.05) is 61.0 Å². The standard InChI is InChI=1S/C24H21N7O/c1-6-20-21(26-8-7-25-20)15-17(1)22-16-31-10-9-27-24(31)23(29-22)28-18-2-4-19(5-3-18)30-11-13-32-14-12-30/h1-10,15-16H,11-14H2,(H,28,29). The molecule has 0 spiro atoms. The van der Waals surface area contributed by atoms with E-state index in [9.17, 15) is 0 Å². The first-order chi connectivity index (χ1) is 15.8. The van der Waals surface area contributed by atoms with Gasteiger partial charge in [0.2, 0.25) is 0 Å². The van der Waals surface area contributed by atoms with E-state index in [1.807, 2.05) is 35.0 Å². The first-order valence-corrected chi connectivity index (χ1v) is 10.6. The van der Waals surface area contributed by atoms with Gasteiger partial charge in [0.15, 0.2) is 11.5 Å². The van der Waals surface area contributed by atoms with Crippen LogP contribution < -0.4 is 10.2 Å². The van der Waals surface area contributed by atoms with Crippen LogP contribution in [-0.2, 0) is 4.74 Å². The van der Waals surface area contributed by atoms with E-state index in [0.29, 0.717) is 5.82 Å².